The summed E-state index contributed by atoms with van der Waals surface area (Å²) in [5.74, 6) is -0.00739. The lowest BCUT2D eigenvalue weighted by Gasteiger charge is -2.32. The Balaban J connectivity index is 1.91. The molecule has 0 atom stereocenters. The van der Waals surface area contributed by atoms with Crippen LogP contribution in [0.4, 0.5) is 0 Å². The number of nitrogens with zero attached hydrogens (tertiary/aromatic N) is 1. The summed E-state index contributed by atoms with van der Waals surface area (Å²) >= 11 is 0. The first-order valence-electron chi connectivity index (χ1n) is 6.27. The van der Waals surface area contributed by atoms with Crippen molar-refractivity contribution >= 4 is 5.91 Å². The van der Waals surface area contributed by atoms with Crippen LogP contribution >= 0.6 is 0 Å². The Morgan fingerprint density at radius 3 is 2.61 bits per heavy atom. The van der Waals surface area contributed by atoms with Crippen molar-refractivity contribution in [2.75, 3.05) is 6.61 Å². The first kappa shape index (κ1) is 12.8. The minimum Gasteiger partial charge on any atom is -0.476 e. The van der Waals surface area contributed by atoms with Crippen molar-refractivity contribution in [3.8, 4) is 5.88 Å². The summed E-state index contributed by atoms with van der Waals surface area (Å²) in [6, 6.07) is 3.25. The third-order valence-corrected chi connectivity index (χ3v) is 3.38. The molecule has 0 saturated heterocycles. The van der Waals surface area contributed by atoms with E-state index >= 15 is 0 Å². The molecular weight excluding hydrogens is 230 g/mol. The number of aromatic nitrogens is 1. The molecule has 0 aromatic carbocycles. The minimum atomic E-state index is -0.489. The van der Waals surface area contributed by atoms with Gasteiger partial charge >= 0.3 is 0 Å². The molecule has 1 aliphatic carbocycles. The van der Waals surface area contributed by atoms with Crippen LogP contribution in [0.2, 0.25) is 0 Å². The first-order chi connectivity index (χ1) is 8.59. The maximum Gasteiger partial charge on any atom is 0.250 e. The Kier molecular flexibility index (Phi) is 3.81. The van der Waals surface area contributed by atoms with Crippen molar-refractivity contribution < 1.29 is 9.53 Å². The third-order valence-electron chi connectivity index (χ3n) is 3.38. The molecule has 0 aliphatic heterocycles. The molecule has 1 heterocycles. The van der Waals surface area contributed by atoms with Crippen LogP contribution in [0.5, 0.6) is 5.88 Å². The quantitative estimate of drug-likeness (QED) is 0.839. The second-order valence-corrected chi connectivity index (χ2v) is 4.96. The van der Waals surface area contributed by atoms with E-state index in [1.807, 2.05) is 0 Å². The molecule has 1 aromatic heterocycles. The van der Waals surface area contributed by atoms with E-state index in [2.05, 4.69) is 4.98 Å². The maximum atomic E-state index is 10.9. The molecule has 18 heavy (non-hydrogen) atoms. The lowest BCUT2D eigenvalue weighted by Crippen LogP contribution is -2.47. The molecule has 98 valence electrons. The summed E-state index contributed by atoms with van der Waals surface area (Å²) in [5.41, 5.74) is 11.5. The number of hydrogen-bond donors (Lipinski definition) is 2. The molecule has 0 radical (unpaired) electrons. The second-order valence-electron chi connectivity index (χ2n) is 4.96. The summed E-state index contributed by atoms with van der Waals surface area (Å²) in [7, 11) is 0. The molecule has 2 rings (SSSR count). The van der Waals surface area contributed by atoms with Crippen molar-refractivity contribution in [2.24, 2.45) is 11.5 Å². The van der Waals surface area contributed by atoms with Crippen molar-refractivity contribution in [1.29, 1.82) is 0 Å². The molecule has 5 nitrogen and oxygen atoms in total. The second kappa shape index (κ2) is 5.35. The number of rotatable bonds is 4. The number of amides is 1. The normalized spacial score (nSPS) is 18.3. The zero-order valence-corrected chi connectivity index (χ0v) is 10.4. The maximum absolute atomic E-state index is 10.9. The standard InChI is InChI=1S/C13H19N3O2/c14-12(17)10-4-5-11(16-8-10)18-9-13(15)6-2-1-3-7-13/h4-5,8H,1-3,6-7,9,15H2,(H2,14,17). The number of hydrogen-bond acceptors (Lipinski definition) is 4. The van der Waals surface area contributed by atoms with Crippen LogP contribution < -0.4 is 16.2 Å². The van der Waals surface area contributed by atoms with Crippen molar-refractivity contribution in [1.82, 2.24) is 4.98 Å². The molecule has 0 spiro atoms. The van der Waals surface area contributed by atoms with Gasteiger partial charge in [-0.05, 0) is 18.9 Å². The Morgan fingerprint density at radius 1 is 1.33 bits per heavy atom. The van der Waals surface area contributed by atoms with Gasteiger partial charge in [-0.25, -0.2) is 4.98 Å². The first-order valence-corrected chi connectivity index (χ1v) is 6.27. The van der Waals surface area contributed by atoms with E-state index in [9.17, 15) is 4.79 Å². The summed E-state index contributed by atoms with van der Waals surface area (Å²) in [5, 5.41) is 0. The average molecular weight is 249 g/mol. The van der Waals surface area contributed by atoms with Crippen molar-refractivity contribution in [3.63, 3.8) is 0 Å². The lowest BCUT2D eigenvalue weighted by atomic mass is 9.83. The van der Waals surface area contributed by atoms with E-state index in [0.29, 0.717) is 18.1 Å². The SMILES string of the molecule is NC(=O)c1ccc(OCC2(N)CCCCC2)nc1. The van der Waals surface area contributed by atoms with Crippen LogP contribution in [0, 0.1) is 0 Å². The Hall–Kier alpha value is -1.62. The fourth-order valence-corrected chi connectivity index (χ4v) is 2.23. The summed E-state index contributed by atoms with van der Waals surface area (Å²) < 4.78 is 5.59. The number of primary amides is 1. The summed E-state index contributed by atoms with van der Waals surface area (Å²) in [6.07, 6.45) is 6.98. The predicted molar refractivity (Wildman–Crippen MR) is 68.3 cm³/mol. The van der Waals surface area contributed by atoms with Gasteiger partial charge in [0.15, 0.2) is 0 Å². The molecule has 1 fully saturated rings. The fraction of sp³-hybridized carbons (Fsp3) is 0.538. The van der Waals surface area contributed by atoms with Crippen LogP contribution in [0.1, 0.15) is 42.5 Å². The molecule has 1 aliphatic rings. The minimum absolute atomic E-state index is 0.234. The number of carbonyl (C=O) groups excluding carboxylic acids is 1. The van der Waals surface area contributed by atoms with E-state index in [-0.39, 0.29) is 5.54 Å². The van der Waals surface area contributed by atoms with E-state index in [4.69, 9.17) is 16.2 Å². The van der Waals surface area contributed by atoms with Gasteiger partial charge in [0.25, 0.3) is 0 Å². The number of carbonyl (C=O) groups is 1. The smallest absolute Gasteiger partial charge is 0.250 e. The van der Waals surface area contributed by atoms with Gasteiger partial charge < -0.3 is 16.2 Å². The van der Waals surface area contributed by atoms with Gasteiger partial charge in [-0.3, -0.25) is 4.79 Å². The Morgan fingerprint density at radius 2 is 2.06 bits per heavy atom. The number of pyridine rings is 1. The largest absolute Gasteiger partial charge is 0.476 e. The number of nitrogens with two attached hydrogens (primary N) is 2. The topological polar surface area (TPSA) is 91.2 Å². The average Bonchev–Trinajstić information content (AvgIpc) is 2.38. The molecular formula is C13H19N3O2. The monoisotopic (exact) mass is 249 g/mol. The Bertz CT molecular complexity index is 411. The van der Waals surface area contributed by atoms with Gasteiger partial charge in [0.1, 0.15) is 6.61 Å². The predicted octanol–water partition coefficient (Wildman–Crippen LogP) is 1.22. The van der Waals surface area contributed by atoms with Crippen LogP contribution in [-0.4, -0.2) is 23.0 Å². The van der Waals surface area contributed by atoms with E-state index in [1.165, 1.54) is 12.6 Å². The zero-order valence-electron chi connectivity index (χ0n) is 10.4. The lowest BCUT2D eigenvalue weighted by molar-refractivity contribution is 0.0999. The molecule has 4 N–H and O–H groups in total. The zero-order chi connectivity index (χ0) is 13.0. The van der Waals surface area contributed by atoms with Gasteiger partial charge in [-0.15, -0.1) is 0 Å². The van der Waals surface area contributed by atoms with Gasteiger partial charge in [-0.1, -0.05) is 19.3 Å². The van der Waals surface area contributed by atoms with Crippen LogP contribution in [0.15, 0.2) is 18.3 Å². The molecule has 0 bridgehead atoms. The van der Waals surface area contributed by atoms with Gasteiger partial charge in [0.05, 0.1) is 11.1 Å². The Labute approximate surface area is 107 Å². The molecule has 5 heteroatoms. The summed E-state index contributed by atoms with van der Waals surface area (Å²) in [4.78, 5) is 14.9. The van der Waals surface area contributed by atoms with E-state index in [0.717, 1.165) is 25.7 Å². The van der Waals surface area contributed by atoms with E-state index in [1.54, 1.807) is 12.1 Å². The molecule has 1 amide bonds. The summed E-state index contributed by atoms with van der Waals surface area (Å²) in [6.45, 7) is 0.468. The van der Waals surface area contributed by atoms with Crippen LogP contribution in [0.3, 0.4) is 0 Å². The fourth-order valence-electron chi connectivity index (χ4n) is 2.23. The number of ether oxygens (including phenoxy) is 1. The van der Waals surface area contributed by atoms with E-state index < -0.39 is 5.91 Å². The van der Waals surface area contributed by atoms with Gasteiger partial charge in [0, 0.05) is 12.3 Å². The third kappa shape index (κ3) is 3.20. The molecule has 1 saturated carbocycles. The van der Waals surface area contributed by atoms with Crippen LogP contribution in [0.25, 0.3) is 0 Å². The highest BCUT2D eigenvalue weighted by Gasteiger charge is 2.28. The molecule has 0 unspecified atom stereocenters. The van der Waals surface area contributed by atoms with Gasteiger partial charge in [-0.2, -0.15) is 0 Å². The highest BCUT2D eigenvalue weighted by atomic mass is 16.5. The van der Waals surface area contributed by atoms with Gasteiger partial charge in [0.2, 0.25) is 11.8 Å². The van der Waals surface area contributed by atoms with Crippen LogP contribution in [-0.2, 0) is 0 Å². The highest BCUT2D eigenvalue weighted by molar-refractivity contribution is 5.92. The highest BCUT2D eigenvalue weighted by Crippen LogP contribution is 2.26. The van der Waals surface area contributed by atoms with Crippen molar-refractivity contribution in [2.45, 2.75) is 37.6 Å². The van der Waals surface area contributed by atoms with Crippen molar-refractivity contribution in [3.05, 3.63) is 23.9 Å². The molecule has 1 aromatic rings.